The second kappa shape index (κ2) is 6.68. The minimum Gasteiger partial charge on any atom is -0.459 e. The molecule has 1 rings (SSSR count). The zero-order valence-electron chi connectivity index (χ0n) is 12.1. The van der Waals surface area contributed by atoms with Gasteiger partial charge in [-0.15, -0.1) is 0 Å². The lowest BCUT2D eigenvalue weighted by Crippen LogP contribution is -2.37. The van der Waals surface area contributed by atoms with Gasteiger partial charge in [0.25, 0.3) is 0 Å². The van der Waals surface area contributed by atoms with E-state index in [1.807, 2.05) is 39.8 Å². The van der Waals surface area contributed by atoms with E-state index in [2.05, 4.69) is 0 Å². The van der Waals surface area contributed by atoms with Crippen LogP contribution < -0.4 is 5.73 Å². The average Bonchev–Trinajstić information content (AvgIpc) is 2.27. The first-order valence-corrected chi connectivity index (χ1v) is 6.44. The van der Waals surface area contributed by atoms with E-state index in [0.717, 1.165) is 5.56 Å². The maximum atomic E-state index is 11.6. The largest absolute Gasteiger partial charge is 0.459 e. The monoisotopic (exact) mass is 265 g/mol. The van der Waals surface area contributed by atoms with E-state index in [1.165, 1.54) is 0 Å². The van der Waals surface area contributed by atoms with Gasteiger partial charge in [-0.25, -0.2) is 4.79 Å². The van der Waals surface area contributed by atoms with Crippen LogP contribution in [0.25, 0.3) is 0 Å². The fraction of sp³-hybridized carbons (Fsp3) is 0.533. The summed E-state index contributed by atoms with van der Waals surface area (Å²) in [6.07, 6.45) is -0.109. The molecular weight excluding hydrogens is 242 g/mol. The van der Waals surface area contributed by atoms with Gasteiger partial charge in [0, 0.05) is 5.54 Å². The van der Waals surface area contributed by atoms with Gasteiger partial charge >= 0.3 is 5.97 Å². The second-order valence-corrected chi connectivity index (χ2v) is 5.63. The Balaban J connectivity index is 2.50. The lowest BCUT2D eigenvalue weighted by Gasteiger charge is -2.18. The molecule has 0 amide bonds. The Labute approximate surface area is 114 Å². The summed E-state index contributed by atoms with van der Waals surface area (Å²) >= 11 is 0. The van der Waals surface area contributed by atoms with Crippen LogP contribution in [0.3, 0.4) is 0 Å². The van der Waals surface area contributed by atoms with Crippen molar-refractivity contribution in [2.45, 2.75) is 45.9 Å². The molecule has 1 aromatic carbocycles. The number of ether oxygens (including phenoxy) is 2. The Hall–Kier alpha value is -1.39. The van der Waals surface area contributed by atoms with Gasteiger partial charge in [0.05, 0.1) is 24.9 Å². The summed E-state index contributed by atoms with van der Waals surface area (Å²) in [5, 5.41) is 0. The van der Waals surface area contributed by atoms with Crippen LogP contribution in [0.1, 0.15) is 43.6 Å². The molecule has 0 aliphatic carbocycles. The topological polar surface area (TPSA) is 61.5 Å². The summed E-state index contributed by atoms with van der Waals surface area (Å²) < 4.78 is 10.6. The normalized spacial score (nSPS) is 11.7. The fourth-order valence-corrected chi connectivity index (χ4v) is 1.45. The van der Waals surface area contributed by atoms with Gasteiger partial charge in [0.1, 0.15) is 0 Å². The zero-order chi connectivity index (χ0) is 14.5. The number of nitrogens with two attached hydrogens (primary N) is 1. The molecule has 4 heteroatoms. The van der Waals surface area contributed by atoms with Crippen molar-refractivity contribution < 1.29 is 14.3 Å². The number of carbonyl (C=O) groups excluding carboxylic acids is 1. The first kappa shape index (κ1) is 15.7. The Bertz CT molecular complexity index is 404. The smallest absolute Gasteiger partial charge is 0.338 e. The highest BCUT2D eigenvalue weighted by atomic mass is 16.5. The summed E-state index contributed by atoms with van der Waals surface area (Å²) in [6, 6.07) is 7.22. The van der Waals surface area contributed by atoms with Gasteiger partial charge in [-0.1, -0.05) is 12.1 Å². The fourth-order valence-electron chi connectivity index (χ4n) is 1.45. The third kappa shape index (κ3) is 6.36. The van der Waals surface area contributed by atoms with Crippen molar-refractivity contribution in [1.29, 1.82) is 0 Å². The summed E-state index contributed by atoms with van der Waals surface area (Å²) in [7, 11) is 0. The average molecular weight is 265 g/mol. The highest BCUT2D eigenvalue weighted by molar-refractivity contribution is 5.89. The molecule has 0 bridgehead atoms. The number of carbonyl (C=O) groups is 1. The molecule has 0 spiro atoms. The van der Waals surface area contributed by atoms with Crippen LogP contribution in [0, 0.1) is 0 Å². The van der Waals surface area contributed by atoms with Crippen molar-refractivity contribution in [3.8, 4) is 0 Å². The molecule has 0 aliphatic rings. The van der Waals surface area contributed by atoms with Crippen LogP contribution in [-0.2, 0) is 16.1 Å². The minimum atomic E-state index is -0.332. The van der Waals surface area contributed by atoms with Gasteiger partial charge in [0.15, 0.2) is 0 Å². The summed E-state index contributed by atoms with van der Waals surface area (Å²) in [4.78, 5) is 11.6. The van der Waals surface area contributed by atoms with E-state index in [4.69, 9.17) is 15.2 Å². The van der Waals surface area contributed by atoms with Crippen molar-refractivity contribution in [2.24, 2.45) is 5.73 Å². The lowest BCUT2D eigenvalue weighted by molar-refractivity contribution is 0.0377. The molecule has 0 saturated carbocycles. The second-order valence-electron chi connectivity index (χ2n) is 5.63. The standard InChI is InChI=1S/C15H23NO3/c1-11(2)19-14(17)13-7-5-12(6-8-13)9-18-10-15(3,4)16/h5-8,11H,9-10,16H2,1-4H3. The number of benzene rings is 1. The molecule has 0 aliphatic heterocycles. The Morgan fingerprint density at radius 2 is 1.84 bits per heavy atom. The highest BCUT2D eigenvalue weighted by Crippen LogP contribution is 2.09. The van der Waals surface area contributed by atoms with Crippen molar-refractivity contribution in [3.63, 3.8) is 0 Å². The summed E-state index contributed by atoms with van der Waals surface area (Å²) in [5.41, 5.74) is 7.05. The van der Waals surface area contributed by atoms with Crippen LogP contribution >= 0.6 is 0 Å². The number of hydrogen-bond donors (Lipinski definition) is 1. The van der Waals surface area contributed by atoms with E-state index in [-0.39, 0.29) is 17.6 Å². The molecule has 0 saturated heterocycles. The Morgan fingerprint density at radius 1 is 1.26 bits per heavy atom. The molecule has 0 heterocycles. The molecule has 2 N–H and O–H groups in total. The van der Waals surface area contributed by atoms with Crippen LogP contribution in [0.15, 0.2) is 24.3 Å². The molecule has 0 aromatic heterocycles. The predicted molar refractivity (Wildman–Crippen MR) is 74.9 cm³/mol. The van der Waals surface area contributed by atoms with E-state index in [1.54, 1.807) is 12.1 Å². The third-order valence-corrected chi connectivity index (χ3v) is 2.28. The van der Waals surface area contributed by atoms with E-state index >= 15 is 0 Å². The number of rotatable bonds is 6. The summed E-state index contributed by atoms with van der Waals surface area (Å²) in [6.45, 7) is 8.46. The molecule has 4 nitrogen and oxygen atoms in total. The lowest BCUT2D eigenvalue weighted by atomic mass is 10.1. The maximum absolute atomic E-state index is 11.6. The zero-order valence-corrected chi connectivity index (χ0v) is 12.1. The van der Waals surface area contributed by atoms with Gasteiger partial charge in [0.2, 0.25) is 0 Å². The first-order chi connectivity index (χ1) is 8.78. The molecule has 19 heavy (non-hydrogen) atoms. The number of esters is 1. The van der Waals surface area contributed by atoms with Gasteiger partial charge < -0.3 is 15.2 Å². The molecule has 0 unspecified atom stereocenters. The van der Waals surface area contributed by atoms with Crippen LogP contribution in [0.4, 0.5) is 0 Å². The van der Waals surface area contributed by atoms with E-state index in [9.17, 15) is 4.79 Å². The SMILES string of the molecule is CC(C)OC(=O)c1ccc(COCC(C)(C)N)cc1. The molecule has 1 aromatic rings. The number of hydrogen-bond acceptors (Lipinski definition) is 4. The predicted octanol–water partition coefficient (Wildman–Crippen LogP) is 2.51. The van der Waals surface area contributed by atoms with Gasteiger partial charge in [-0.2, -0.15) is 0 Å². The Kier molecular flexibility index (Phi) is 5.51. The van der Waals surface area contributed by atoms with Crippen molar-refractivity contribution in [2.75, 3.05) is 6.61 Å². The van der Waals surface area contributed by atoms with Crippen molar-refractivity contribution in [3.05, 3.63) is 35.4 Å². The third-order valence-electron chi connectivity index (χ3n) is 2.28. The van der Waals surface area contributed by atoms with Crippen molar-refractivity contribution in [1.82, 2.24) is 0 Å². The van der Waals surface area contributed by atoms with E-state index in [0.29, 0.717) is 18.8 Å². The maximum Gasteiger partial charge on any atom is 0.338 e. The highest BCUT2D eigenvalue weighted by Gasteiger charge is 2.11. The first-order valence-electron chi connectivity index (χ1n) is 6.44. The van der Waals surface area contributed by atoms with Crippen LogP contribution in [0.2, 0.25) is 0 Å². The van der Waals surface area contributed by atoms with Crippen molar-refractivity contribution >= 4 is 5.97 Å². The van der Waals surface area contributed by atoms with Crippen LogP contribution in [-0.4, -0.2) is 24.2 Å². The molecular formula is C15H23NO3. The minimum absolute atomic E-state index is 0.109. The Morgan fingerprint density at radius 3 is 2.32 bits per heavy atom. The van der Waals surface area contributed by atoms with Gasteiger partial charge in [-0.05, 0) is 45.4 Å². The molecule has 0 atom stereocenters. The summed E-state index contributed by atoms with van der Waals surface area (Å²) in [5.74, 6) is -0.300. The molecule has 0 radical (unpaired) electrons. The van der Waals surface area contributed by atoms with Crippen LogP contribution in [0.5, 0.6) is 0 Å². The van der Waals surface area contributed by atoms with Gasteiger partial charge in [-0.3, -0.25) is 0 Å². The molecule has 0 fully saturated rings. The van der Waals surface area contributed by atoms with E-state index < -0.39 is 0 Å². The molecule has 106 valence electrons. The quantitative estimate of drug-likeness (QED) is 0.803.